The highest BCUT2D eigenvalue weighted by atomic mass is 35.5. The van der Waals surface area contributed by atoms with Gasteiger partial charge in [-0.25, -0.2) is 4.39 Å². The number of aromatic nitrogens is 2. The van der Waals surface area contributed by atoms with Gasteiger partial charge in [0.05, 0.1) is 5.69 Å². The Balaban J connectivity index is 1.70. The third kappa shape index (κ3) is 4.34. The molecule has 3 rings (SSSR count). The molecule has 3 aromatic rings. The first-order valence-electron chi connectivity index (χ1n) is 7.92. The van der Waals surface area contributed by atoms with E-state index in [1.807, 2.05) is 18.2 Å². The van der Waals surface area contributed by atoms with Gasteiger partial charge in [-0.05, 0) is 54.4 Å². The van der Waals surface area contributed by atoms with Crippen LogP contribution in [0.1, 0.15) is 16.1 Å². The molecule has 0 bridgehead atoms. The molecule has 0 saturated carbocycles. The van der Waals surface area contributed by atoms with Gasteiger partial charge in [-0.3, -0.25) is 9.59 Å². The van der Waals surface area contributed by atoms with Crippen molar-refractivity contribution in [3.05, 3.63) is 93.1 Å². The minimum Gasteiger partial charge on any atom is -0.350 e. The van der Waals surface area contributed by atoms with Crippen LogP contribution in [0.3, 0.4) is 0 Å². The molecule has 0 saturated heterocycles. The molecule has 1 aromatic heterocycles. The van der Waals surface area contributed by atoms with Crippen LogP contribution in [0, 0.1) is 5.82 Å². The van der Waals surface area contributed by atoms with Crippen LogP contribution in [0.2, 0.25) is 5.02 Å². The zero-order valence-corrected chi connectivity index (χ0v) is 14.4. The fourth-order valence-electron chi connectivity index (χ4n) is 2.40. The van der Waals surface area contributed by atoms with E-state index in [0.29, 0.717) is 23.7 Å². The van der Waals surface area contributed by atoms with Gasteiger partial charge in [0.25, 0.3) is 11.5 Å². The molecule has 0 radical (unpaired) electrons. The average molecular weight is 372 g/mol. The predicted octanol–water partition coefficient (Wildman–Crippen LogP) is 3.00. The zero-order valence-electron chi connectivity index (χ0n) is 13.7. The molecule has 1 N–H and O–H groups in total. The van der Waals surface area contributed by atoms with Crippen LogP contribution >= 0.6 is 11.6 Å². The normalized spacial score (nSPS) is 10.5. The topological polar surface area (TPSA) is 64.0 Å². The Morgan fingerprint density at radius 2 is 1.88 bits per heavy atom. The number of hydrogen-bond acceptors (Lipinski definition) is 3. The standard InChI is InChI=1S/C19H15ClFN3O2/c20-14-3-1-2-13(12-14)10-11-22-19(26)17-8-9-18(25)24(23-17)16-6-4-15(21)5-7-16/h1-9,12H,10-11H2,(H,22,26). The number of halogens is 2. The average Bonchev–Trinajstić information content (AvgIpc) is 2.63. The van der Waals surface area contributed by atoms with Crippen LogP contribution in [-0.2, 0) is 6.42 Å². The van der Waals surface area contributed by atoms with Crippen molar-refractivity contribution in [2.24, 2.45) is 0 Å². The molecule has 2 aromatic carbocycles. The Morgan fingerprint density at radius 1 is 1.12 bits per heavy atom. The van der Waals surface area contributed by atoms with Gasteiger partial charge in [0.1, 0.15) is 11.5 Å². The third-order valence-electron chi connectivity index (χ3n) is 3.69. The van der Waals surface area contributed by atoms with Crippen molar-refractivity contribution >= 4 is 17.5 Å². The molecule has 0 fully saturated rings. The van der Waals surface area contributed by atoms with Gasteiger partial charge in [-0.2, -0.15) is 9.78 Å². The van der Waals surface area contributed by atoms with Crippen molar-refractivity contribution in [1.82, 2.24) is 15.1 Å². The monoisotopic (exact) mass is 371 g/mol. The van der Waals surface area contributed by atoms with Crippen LogP contribution in [0.5, 0.6) is 0 Å². The summed E-state index contributed by atoms with van der Waals surface area (Å²) in [7, 11) is 0. The van der Waals surface area contributed by atoms with Gasteiger partial charge in [0, 0.05) is 17.6 Å². The summed E-state index contributed by atoms with van der Waals surface area (Å²) in [6.07, 6.45) is 0.615. The molecule has 132 valence electrons. The number of hydrogen-bond donors (Lipinski definition) is 1. The molecule has 26 heavy (non-hydrogen) atoms. The van der Waals surface area contributed by atoms with E-state index in [9.17, 15) is 14.0 Å². The van der Waals surface area contributed by atoms with Crippen molar-refractivity contribution in [2.45, 2.75) is 6.42 Å². The lowest BCUT2D eigenvalue weighted by Crippen LogP contribution is -2.30. The lowest BCUT2D eigenvalue weighted by atomic mass is 10.1. The molecule has 0 unspecified atom stereocenters. The highest BCUT2D eigenvalue weighted by Gasteiger charge is 2.10. The highest BCUT2D eigenvalue weighted by molar-refractivity contribution is 6.30. The molecular weight excluding hydrogens is 357 g/mol. The van der Waals surface area contributed by atoms with Crippen LogP contribution < -0.4 is 10.9 Å². The summed E-state index contributed by atoms with van der Waals surface area (Å²) in [6.45, 7) is 0.399. The van der Waals surface area contributed by atoms with E-state index in [4.69, 9.17) is 11.6 Å². The number of carbonyl (C=O) groups is 1. The summed E-state index contributed by atoms with van der Waals surface area (Å²) in [5, 5.41) is 7.46. The second-order valence-electron chi connectivity index (χ2n) is 5.58. The Bertz CT molecular complexity index is 987. The number of nitrogens with zero attached hydrogens (tertiary/aromatic N) is 2. The van der Waals surface area contributed by atoms with Crippen molar-refractivity contribution in [3.63, 3.8) is 0 Å². The first-order valence-corrected chi connectivity index (χ1v) is 8.30. The van der Waals surface area contributed by atoms with Crippen LogP contribution in [0.25, 0.3) is 5.69 Å². The molecule has 0 atom stereocenters. The summed E-state index contributed by atoms with van der Waals surface area (Å²) in [5.74, 6) is -0.820. The smallest absolute Gasteiger partial charge is 0.271 e. The Hall–Kier alpha value is -2.99. The SMILES string of the molecule is O=C(NCCc1cccc(Cl)c1)c1ccc(=O)n(-c2ccc(F)cc2)n1. The fraction of sp³-hybridized carbons (Fsp3) is 0.105. The van der Waals surface area contributed by atoms with E-state index < -0.39 is 17.3 Å². The predicted molar refractivity (Wildman–Crippen MR) is 97.3 cm³/mol. The number of benzene rings is 2. The maximum absolute atomic E-state index is 13.0. The summed E-state index contributed by atoms with van der Waals surface area (Å²) < 4.78 is 14.1. The van der Waals surface area contributed by atoms with Crippen LogP contribution in [0.4, 0.5) is 4.39 Å². The first-order chi connectivity index (χ1) is 12.5. The lowest BCUT2D eigenvalue weighted by Gasteiger charge is -2.08. The zero-order chi connectivity index (χ0) is 18.5. The van der Waals surface area contributed by atoms with E-state index in [0.717, 1.165) is 10.2 Å². The van der Waals surface area contributed by atoms with Crippen molar-refractivity contribution in [2.75, 3.05) is 6.54 Å². The quantitative estimate of drug-likeness (QED) is 0.750. The van der Waals surface area contributed by atoms with Crippen LogP contribution in [-0.4, -0.2) is 22.2 Å². The molecule has 0 aliphatic heterocycles. The number of nitrogens with one attached hydrogen (secondary N) is 1. The first kappa shape index (κ1) is 17.8. The van der Waals surface area contributed by atoms with E-state index >= 15 is 0 Å². The fourth-order valence-corrected chi connectivity index (χ4v) is 2.62. The van der Waals surface area contributed by atoms with Gasteiger partial charge in [0.2, 0.25) is 0 Å². The lowest BCUT2D eigenvalue weighted by molar-refractivity contribution is 0.0947. The van der Waals surface area contributed by atoms with E-state index in [1.165, 1.54) is 36.4 Å². The van der Waals surface area contributed by atoms with E-state index in [2.05, 4.69) is 10.4 Å². The van der Waals surface area contributed by atoms with Crippen molar-refractivity contribution in [1.29, 1.82) is 0 Å². The summed E-state index contributed by atoms with van der Waals surface area (Å²) >= 11 is 5.93. The van der Waals surface area contributed by atoms with Gasteiger partial charge >= 0.3 is 0 Å². The Kier molecular flexibility index (Phi) is 5.43. The minimum atomic E-state index is -0.420. The number of rotatable bonds is 5. The molecule has 0 aliphatic rings. The third-order valence-corrected chi connectivity index (χ3v) is 3.93. The molecule has 5 nitrogen and oxygen atoms in total. The van der Waals surface area contributed by atoms with E-state index in [-0.39, 0.29) is 5.69 Å². The molecule has 0 aliphatic carbocycles. The maximum atomic E-state index is 13.0. The van der Waals surface area contributed by atoms with Gasteiger partial charge in [0.15, 0.2) is 0 Å². The summed E-state index contributed by atoms with van der Waals surface area (Å²) in [6, 6.07) is 15.3. The maximum Gasteiger partial charge on any atom is 0.271 e. The molecule has 1 heterocycles. The molecule has 7 heteroatoms. The van der Waals surface area contributed by atoms with Crippen molar-refractivity contribution in [3.8, 4) is 5.69 Å². The van der Waals surface area contributed by atoms with Gasteiger partial charge < -0.3 is 5.32 Å². The number of carbonyl (C=O) groups excluding carboxylic acids is 1. The van der Waals surface area contributed by atoms with Gasteiger partial charge in [-0.1, -0.05) is 23.7 Å². The summed E-state index contributed by atoms with van der Waals surface area (Å²) in [4.78, 5) is 24.2. The molecular formula is C19H15ClFN3O2. The summed E-state index contributed by atoms with van der Waals surface area (Å²) in [5.41, 5.74) is 1.07. The van der Waals surface area contributed by atoms with Crippen LogP contribution in [0.15, 0.2) is 65.5 Å². The Labute approximate surface area is 154 Å². The van der Waals surface area contributed by atoms with Gasteiger partial charge in [-0.15, -0.1) is 0 Å². The molecule has 1 amide bonds. The minimum absolute atomic E-state index is 0.0972. The number of amides is 1. The van der Waals surface area contributed by atoms with Crippen molar-refractivity contribution < 1.29 is 9.18 Å². The Morgan fingerprint density at radius 3 is 2.62 bits per heavy atom. The largest absolute Gasteiger partial charge is 0.350 e. The second kappa shape index (κ2) is 7.93. The van der Waals surface area contributed by atoms with E-state index in [1.54, 1.807) is 6.07 Å². The highest BCUT2D eigenvalue weighted by Crippen LogP contribution is 2.11. The molecule has 0 spiro atoms. The second-order valence-corrected chi connectivity index (χ2v) is 6.02.